The molecular formula is C12H13NO2. The number of hydrogen-bond acceptors (Lipinski definition) is 2. The summed E-state index contributed by atoms with van der Waals surface area (Å²) < 4.78 is 5.59. The third-order valence-electron chi connectivity index (χ3n) is 2.08. The van der Waals surface area contributed by atoms with Gasteiger partial charge in [0.25, 0.3) is 5.56 Å². The first kappa shape index (κ1) is 9.77. The molecule has 0 bridgehead atoms. The molecule has 3 heteroatoms. The molecule has 0 spiro atoms. The lowest BCUT2D eigenvalue weighted by Gasteiger charge is -2.11. The van der Waals surface area contributed by atoms with Gasteiger partial charge < -0.3 is 9.72 Å². The minimum absolute atomic E-state index is 0.0650. The Kier molecular flexibility index (Phi) is 2.46. The molecule has 0 radical (unpaired) electrons. The molecule has 15 heavy (non-hydrogen) atoms. The summed E-state index contributed by atoms with van der Waals surface area (Å²) in [5.74, 6) is 0.643. The molecule has 1 N–H and O–H groups in total. The molecule has 0 amide bonds. The van der Waals surface area contributed by atoms with Crippen LogP contribution in [-0.2, 0) is 0 Å². The van der Waals surface area contributed by atoms with Gasteiger partial charge in [0, 0.05) is 11.5 Å². The van der Waals surface area contributed by atoms with Gasteiger partial charge in [0.05, 0.1) is 11.6 Å². The van der Waals surface area contributed by atoms with Gasteiger partial charge in [0.15, 0.2) is 0 Å². The van der Waals surface area contributed by atoms with E-state index in [2.05, 4.69) is 4.98 Å². The average molecular weight is 203 g/mol. The Bertz CT molecular complexity index is 528. The fourth-order valence-electron chi connectivity index (χ4n) is 1.52. The molecule has 0 aliphatic rings. The SMILES string of the molecule is CC(C)Oc1cc(=O)[nH]c2ccccc12. The number of rotatable bonds is 2. The molecule has 0 fully saturated rings. The van der Waals surface area contributed by atoms with Crippen LogP contribution in [0.25, 0.3) is 10.9 Å². The number of H-pyrrole nitrogens is 1. The predicted molar refractivity (Wildman–Crippen MR) is 60.3 cm³/mol. The predicted octanol–water partition coefficient (Wildman–Crippen LogP) is 2.32. The minimum Gasteiger partial charge on any atom is -0.490 e. The van der Waals surface area contributed by atoms with Gasteiger partial charge in [-0.05, 0) is 26.0 Å². The number of aromatic nitrogens is 1. The summed E-state index contributed by atoms with van der Waals surface area (Å²) in [5.41, 5.74) is 0.671. The first-order valence-corrected chi connectivity index (χ1v) is 4.95. The van der Waals surface area contributed by atoms with E-state index in [9.17, 15) is 4.79 Å². The molecule has 1 aromatic heterocycles. The van der Waals surface area contributed by atoms with Gasteiger partial charge in [-0.1, -0.05) is 12.1 Å². The topological polar surface area (TPSA) is 42.1 Å². The van der Waals surface area contributed by atoms with Gasteiger partial charge in [0.1, 0.15) is 5.75 Å². The highest BCUT2D eigenvalue weighted by atomic mass is 16.5. The first-order valence-electron chi connectivity index (χ1n) is 4.95. The van der Waals surface area contributed by atoms with Crippen molar-refractivity contribution in [2.24, 2.45) is 0 Å². The van der Waals surface area contributed by atoms with Crippen LogP contribution in [0, 0.1) is 0 Å². The summed E-state index contributed by atoms with van der Waals surface area (Å²) in [6.07, 6.45) is 0.0650. The van der Waals surface area contributed by atoms with E-state index in [0.29, 0.717) is 5.75 Å². The third-order valence-corrected chi connectivity index (χ3v) is 2.08. The molecule has 2 aromatic rings. The van der Waals surface area contributed by atoms with Crippen LogP contribution in [0.2, 0.25) is 0 Å². The lowest BCUT2D eigenvalue weighted by molar-refractivity contribution is 0.245. The van der Waals surface area contributed by atoms with Crippen molar-refractivity contribution in [2.75, 3.05) is 0 Å². The van der Waals surface area contributed by atoms with Crippen molar-refractivity contribution in [2.45, 2.75) is 20.0 Å². The Morgan fingerprint density at radius 1 is 1.27 bits per heavy atom. The number of hydrogen-bond donors (Lipinski definition) is 1. The fourth-order valence-corrected chi connectivity index (χ4v) is 1.52. The summed E-state index contributed by atoms with van der Waals surface area (Å²) in [4.78, 5) is 14.1. The fraction of sp³-hybridized carbons (Fsp3) is 0.250. The molecule has 2 rings (SSSR count). The number of para-hydroxylation sites is 1. The lowest BCUT2D eigenvalue weighted by Crippen LogP contribution is -2.10. The Hall–Kier alpha value is -1.77. The molecule has 0 unspecified atom stereocenters. The highest BCUT2D eigenvalue weighted by Gasteiger charge is 2.05. The Balaban J connectivity index is 2.66. The van der Waals surface area contributed by atoms with Crippen LogP contribution in [0.4, 0.5) is 0 Å². The smallest absolute Gasteiger partial charge is 0.252 e. The van der Waals surface area contributed by atoms with E-state index in [1.54, 1.807) is 0 Å². The summed E-state index contributed by atoms with van der Waals surface area (Å²) in [7, 11) is 0. The van der Waals surface area contributed by atoms with E-state index in [4.69, 9.17) is 4.74 Å². The molecular weight excluding hydrogens is 190 g/mol. The highest BCUT2D eigenvalue weighted by molar-refractivity contribution is 5.84. The third kappa shape index (κ3) is 2.01. The normalized spacial score (nSPS) is 10.9. The van der Waals surface area contributed by atoms with Crippen molar-refractivity contribution < 1.29 is 4.74 Å². The van der Waals surface area contributed by atoms with Crippen molar-refractivity contribution in [3.05, 3.63) is 40.7 Å². The van der Waals surface area contributed by atoms with Crippen molar-refractivity contribution in [3.63, 3.8) is 0 Å². The lowest BCUT2D eigenvalue weighted by atomic mass is 10.2. The van der Waals surface area contributed by atoms with Crippen LogP contribution in [-0.4, -0.2) is 11.1 Å². The molecule has 0 aliphatic heterocycles. The number of ether oxygens (including phenoxy) is 1. The van der Waals surface area contributed by atoms with E-state index in [1.807, 2.05) is 38.1 Å². The number of aromatic amines is 1. The van der Waals surface area contributed by atoms with Crippen molar-refractivity contribution >= 4 is 10.9 Å². The van der Waals surface area contributed by atoms with E-state index in [-0.39, 0.29) is 11.7 Å². The van der Waals surface area contributed by atoms with Gasteiger partial charge in [-0.25, -0.2) is 0 Å². The van der Waals surface area contributed by atoms with Crippen LogP contribution < -0.4 is 10.3 Å². The molecule has 0 aliphatic carbocycles. The number of benzene rings is 1. The maximum absolute atomic E-state index is 11.4. The second-order valence-electron chi connectivity index (χ2n) is 3.71. The summed E-state index contributed by atoms with van der Waals surface area (Å²) in [6.45, 7) is 3.88. The molecule has 0 saturated carbocycles. The van der Waals surface area contributed by atoms with Gasteiger partial charge in [-0.2, -0.15) is 0 Å². The van der Waals surface area contributed by atoms with Gasteiger partial charge in [-0.15, -0.1) is 0 Å². The maximum atomic E-state index is 11.4. The van der Waals surface area contributed by atoms with E-state index in [0.717, 1.165) is 10.9 Å². The van der Waals surface area contributed by atoms with Gasteiger partial charge in [0.2, 0.25) is 0 Å². The summed E-state index contributed by atoms with van der Waals surface area (Å²) >= 11 is 0. The molecule has 0 saturated heterocycles. The monoisotopic (exact) mass is 203 g/mol. The van der Waals surface area contributed by atoms with Gasteiger partial charge >= 0.3 is 0 Å². The van der Waals surface area contributed by atoms with Crippen molar-refractivity contribution in [1.29, 1.82) is 0 Å². The Morgan fingerprint density at radius 2 is 2.00 bits per heavy atom. The number of pyridine rings is 1. The van der Waals surface area contributed by atoms with Crippen molar-refractivity contribution in [1.82, 2.24) is 4.98 Å². The van der Waals surface area contributed by atoms with E-state index < -0.39 is 0 Å². The van der Waals surface area contributed by atoms with Crippen LogP contribution in [0.3, 0.4) is 0 Å². The Morgan fingerprint density at radius 3 is 2.73 bits per heavy atom. The summed E-state index contributed by atoms with van der Waals surface area (Å²) in [5, 5.41) is 0.936. The quantitative estimate of drug-likeness (QED) is 0.813. The molecule has 3 nitrogen and oxygen atoms in total. The molecule has 78 valence electrons. The second kappa shape index (κ2) is 3.77. The number of fused-ring (bicyclic) bond motifs is 1. The standard InChI is InChI=1S/C12H13NO2/c1-8(2)15-11-7-12(14)13-10-6-4-3-5-9(10)11/h3-8H,1-2H3,(H,13,14). The molecule has 1 aromatic carbocycles. The van der Waals surface area contributed by atoms with Crippen LogP contribution in [0.5, 0.6) is 5.75 Å². The zero-order valence-electron chi connectivity index (χ0n) is 8.78. The number of nitrogens with one attached hydrogen (secondary N) is 1. The maximum Gasteiger partial charge on any atom is 0.252 e. The highest BCUT2D eigenvalue weighted by Crippen LogP contribution is 2.22. The average Bonchev–Trinajstić information content (AvgIpc) is 2.16. The van der Waals surface area contributed by atoms with Gasteiger partial charge in [-0.3, -0.25) is 4.79 Å². The van der Waals surface area contributed by atoms with E-state index >= 15 is 0 Å². The zero-order valence-corrected chi connectivity index (χ0v) is 8.78. The van der Waals surface area contributed by atoms with Crippen LogP contribution in [0.1, 0.15) is 13.8 Å². The second-order valence-corrected chi connectivity index (χ2v) is 3.71. The first-order chi connectivity index (χ1) is 7.16. The summed E-state index contributed by atoms with van der Waals surface area (Å²) in [6, 6.07) is 9.10. The minimum atomic E-state index is -0.135. The molecule has 1 heterocycles. The zero-order chi connectivity index (χ0) is 10.8. The van der Waals surface area contributed by atoms with Crippen LogP contribution in [0.15, 0.2) is 35.1 Å². The van der Waals surface area contributed by atoms with Crippen molar-refractivity contribution in [3.8, 4) is 5.75 Å². The Labute approximate surface area is 87.7 Å². The van der Waals surface area contributed by atoms with Crippen LogP contribution >= 0.6 is 0 Å². The molecule has 0 atom stereocenters. The van der Waals surface area contributed by atoms with E-state index in [1.165, 1.54) is 6.07 Å². The largest absolute Gasteiger partial charge is 0.490 e.